The number of hydrogen-bond acceptors (Lipinski definition) is 11. The molecule has 1 aromatic rings. The molecule has 0 aromatic carbocycles. The van der Waals surface area contributed by atoms with Gasteiger partial charge in [0, 0.05) is 24.9 Å². The maximum atomic E-state index is 13.5. The second-order valence-corrected chi connectivity index (χ2v) is 12.6. The van der Waals surface area contributed by atoms with Gasteiger partial charge in [-0.05, 0) is 46.0 Å². The van der Waals surface area contributed by atoms with Crippen LogP contribution < -0.4 is 32.3 Å². The van der Waals surface area contributed by atoms with Crippen molar-refractivity contribution in [1.82, 2.24) is 41.5 Å². The molecule has 2 rings (SSSR count). The Morgan fingerprint density at radius 3 is 2.08 bits per heavy atom. The van der Waals surface area contributed by atoms with Crippen LogP contribution in [0.2, 0.25) is 0 Å². The Kier molecular flexibility index (Phi) is 15.6. The summed E-state index contributed by atoms with van der Waals surface area (Å²) in [7, 11) is 0. The lowest BCUT2D eigenvalue weighted by molar-refractivity contribution is -0.145. The van der Waals surface area contributed by atoms with Crippen LogP contribution >= 0.6 is 0 Å². The molecule has 1 aliphatic rings. The number of aliphatic hydroxyl groups is 2. The van der Waals surface area contributed by atoms with Gasteiger partial charge in [-0.3, -0.25) is 28.8 Å². The summed E-state index contributed by atoms with van der Waals surface area (Å²) in [6.07, 6.45) is 2.11. The highest BCUT2D eigenvalue weighted by Gasteiger charge is 2.39. The van der Waals surface area contributed by atoms with Crippen LogP contribution in [-0.2, 0) is 40.0 Å². The Morgan fingerprint density at radius 1 is 0.918 bits per heavy atom. The van der Waals surface area contributed by atoms with Crippen molar-refractivity contribution in [3.05, 3.63) is 18.2 Å². The zero-order valence-electron chi connectivity index (χ0n) is 28.3. The molecule has 1 aromatic heterocycles. The summed E-state index contributed by atoms with van der Waals surface area (Å²) >= 11 is 0. The van der Waals surface area contributed by atoms with Gasteiger partial charge in [0.1, 0.15) is 30.2 Å². The summed E-state index contributed by atoms with van der Waals surface area (Å²) in [4.78, 5) is 97.8. The summed E-state index contributed by atoms with van der Waals surface area (Å²) in [6, 6.07) is -8.60. The Hall–Kier alpha value is -4.62. The minimum absolute atomic E-state index is 0.0788. The summed E-state index contributed by atoms with van der Waals surface area (Å²) in [5, 5.41) is 41.1. The fraction of sp³-hybridized carbons (Fsp3) is 0.667. The van der Waals surface area contributed by atoms with Gasteiger partial charge in [0.05, 0.1) is 25.1 Å². The van der Waals surface area contributed by atoms with E-state index in [2.05, 4.69) is 36.6 Å². The van der Waals surface area contributed by atoms with Crippen molar-refractivity contribution in [1.29, 1.82) is 0 Å². The summed E-state index contributed by atoms with van der Waals surface area (Å²) in [5.41, 5.74) is 6.02. The number of carboxylic acid groups (broad SMARTS) is 1. The number of H-pyrrole nitrogens is 1. The molecule has 0 radical (unpaired) electrons. The molecule has 2 heterocycles. The number of aliphatic carboxylic acids is 1. The van der Waals surface area contributed by atoms with Gasteiger partial charge in [-0.25, -0.2) is 9.78 Å². The van der Waals surface area contributed by atoms with Crippen LogP contribution in [0.1, 0.15) is 59.6 Å². The van der Waals surface area contributed by atoms with Gasteiger partial charge in [-0.15, -0.1) is 0 Å². The van der Waals surface area contributed by atoms with Gasteiger partial charge >= 0.3 is 5.97 Å². The molecular weight excluding hydrogens is 646 g/mol. The van der Waals surface area contributed by atoms with Gasteiger partial charge in [-0.1, -0.05) is 13.8 Å². The molecule has 8 atom stereocenters. The maximum absolute atomic E-state index is 13.5. The van der Waals surface area contributed by atoms with Crippen molar-refractivity contribution in [2.45, 2.75) is 109 Å². The van der Waals surface area contributed by atoms with E-state index in [0.717, 1.165) is 0 Å². The third kappa shape index (κ3) is 12.1. The molecule has 0 unspecified atom stereocenters. The van der Waals surface area contributed by atoms with Crippen molar-refractivity contribution in [3.8, 4) is 0 Å². The molecule has 1 aliphatic heterocycles. The average molecular weight is 696 g/mol. The highest BCUT2D eigenvalue weighted by atomic mass is 16.4. The number of aromatic nitrogens is 2. The Balaban J connectivity index is 2.18. The Bertz CT molecular complexity index is 1320. The number of rotatable bonds is 18. The minimum Gasteiger partial charge on any atom is -0.480 e. The lowest BCUT2D eigenvalue weighted by Gasteiger charge is -2.29. The molecule has 274 valence electrons. The van der Waals surface area contributed by atoms with E-state index < -0.39 is 96.4 Å². The van der Waals surface area contributed by atoms with Gasteiger partial charge in [0.25, 0.3) is 0 Å². The second-order valence-electron chi connectivity index (χ2n) is 12.6. The van der Waals surface area contributed by atoms with Gasteiger partial charge in [0.15, 0.2) is 6.04 Å². The van der Waals surface area contributed by atoms with E-state index in [1.807, 2.05) is 0 Å². The standard InChI is InChI=1S/C30H49N9O10/c1-14(2)9-19(27(45)38-23(17(5)41)30(48)49)35-25(43)16(4)34-26(44)20(10-18-11-32-13-33-18)36-28(46)22-7-6-8-39(22)29(47)21(12-40)37-24(42)15(3)31/h11,13-17,19-23,40-41H,6-10,12,31H2,1-5H3,(H,32,33)(H,34,44)(H,35,43)(H,36,46)(H,37,42)(H,38,45)(H,48,49)/t15-,16-,17+,19-,20-,21-,22-,23-/m0/s1. The van der Waals surface area contributed by atoms with Crippen LogP contribution in [0.4, 0.5) is 0 Å². The smallest absolute Gasteiger partial charge is 0.328 e. The molecule has 0 bridgehead atoms. The zero-order valence-corrected chi connectivity index (χ0v) is 28.3. The number of carboxylic acids is 1. The number of nitrogens with two attached hydrogens (primary N) is 1. The number of imidazole rings is 1. The summed E-state index contributed by atoms with van der Waals surface area (Å²) in [6.45, 7) is 6.95. The normalized spacial score (nSPS) is 18.6. The lowest BCUT2D eigenvalue weighted by Crippen LogP contribution is -2.60. The topological polar surface area (TPSA) is 298 Å². The summed E-state index contributed by atoms with van der Waals surface area (Å²) < 4.78 is 0. The molecule has 1 fully saturated rings. The molecule has 19 nitrogen and oxygen atoms in total. The van der Waals surface area contributed by atoms with Gasteiger partial charge < -0.3 is 57.5 Å². The molecule has 1 saturated heterocycles. The zero-order chi connectivity index (χ0) is 37.0. The fourth-order valence-corrected chi connectivity index (χ4v) is 5.11. The number of nitrogens with zero attached hydrogens (tertiary/aromatic N) is 2. The summed E-state index contributed by atoms with van der Waals surface area (Å²) in [5.74, 6) is -6.01. The van der Waals surface area contributed by atoms with Crippen molar-refractivity contribution in [2.75, 3.05) is 13.2 Å². The van der Waals surface area contributed by atoms with Crippen LogP contribution in [0.15, 0.2) is 12.5 Å². The first-order chi connectivity index (χ1) is 23.0. The van der Waals surface area contributed by atoms with Crippen LogP contribution in [0.25, 0.3) is 0 Å². The van der Waals surface area contributed by atoms with Crippen LogP contribution in [-0.4, -0.2) is 133 Å². The van der Waals surface area contributed by atoms with E-state index >= 15 is 0 Å². The second kappa shape index (κ2) is 18.8. The van der Waals surface area contributed by atoms with Crippen molar-refractivity contribution in [2.24, 2.45) is 11.7 Å². The number of nitrogens with one attached hydrogen (secondary N) is 6. The van der Waals surface area contributed by atoms with Crippen LogP contribution in [0.3, 0.4) is 0 Å². The quantitative estimate of drug-likeness (QED) is 0.0708. The van der Waals surface area contributed by atoms with E-state index in [9.17, 15) is 48.9 Å². The fourth-order valence-electron chi connectivity index (χ4n) is 5.11. The van der Waals surface area contributed by atoms with Crippen LogP contribution in [0, 0.1) is 5.92 Å². The molecule has 11 N–H and O–H groups in total. The highest BCUT2D eigenvalue weighted by Crippen LogP contribution is 2.19. The van der Waals surface area contributed by atoms with Crippen LogP contribution in [0.5, 0.6) is 0 Å². The van der Waals surface area contributed by atoms with E-state index in [0.29, 0.717) is 12.1 Å². The maximum Gasteiger partial charge on any atom is 0.328 e. The minimum atomic E-state index is -1.61. The Morgan fingerprint density at radius 2 is 1.55 bits per heavy atom. The number of amides is 6. The van der Waals surface area contributed by atoms with Crippen molar-refractivity contribution < 1.29 is 48.9 Å². The van der Waals surface area contributed by atoms with E-state index in [-0.39, 0.29) is 31.7 Å². The molecule has 19 heteroatoms. The average Bonchev–Trinajstić information content (AvgIpc) is 3.73. The molecule has 49 heavy (non-hydrogen) atoms. The molecule has 0 saturated carbocycles. The predicted molar refractivity (Wildman–Crippen MR) is 172 cm³/mol. The Labute approximate surface area is 283 Å². The first-order valence-corrected chi connectivity index (χ1v) is 16.0. The van der Waals surface area contributed by atoms with Gasteiger partial charge in [0.2, 0.25) is 35.4 Å². The van der Waals surface area contributed by atoms with Crippen molar-refractivity contribution >= 4 is 41.4 Å². The number of carbonyl (C=O) groups excluding carboxylic acids is 6. The van der Waals surface area contributed by atoms with Crippen molar-refractivity contribution in [3.63, 3.8) is 0 Å². The van der Waals surface area contributed by atoms with Gasteiger partial charge in [-0.2, -0.15) is 0 Å². The highest BCUT2D eigenvalue weighted by molar-refractivity contribution is 5.97. The molecule has 0 spiro atoms. The lowest BCUT2D eigenvalue weighted by atomic mass is 10.0. The third-order valence-corrected chi connectivity index (χ3v) is 7.80. The SMILES string of the molecule is CC(C)C[C@H](NC(=O)[C@H](C)NC(=O)[C@H](Cc1cnc[nH]1)NC(=O)[C@@H]1CCCN1C(=O)[C@H](CO)NC(=O)[C@H](C)N)C(=O)N[C@H](C(=O)O)[C@@H](C)O. The van der Waals surface area contributed by atoms with E-state index in [1.54, 1.807) is 13.8 Å². The molecule has 6 amide bonds. The number of aliphatic hydroxyl groups excluding tert-OH is 2. The monoisotopic (exact) mass is 695 g/mol. The molecule has 0 aliphatic carbocycles. The van der Waals surface area contributed by atoms with E-state index in [1.165, 1.54) is 38.2 Å². The predicted octanol–water partition coefficient (Wildman–Crippen LogP) is -3.76. The number of hydrogen-bond donors (Lipinski definition) is 10. The largest absolute Gasteiger partial charge is 0.480 e. The number of aromatic amines is 1. The first kappa shape index (κ1) is 40.6. The third-order valence-electron chi connectivity index (χ3n) is 7.80. The first-order valence-electron chi connectivity index (χ1n) is 16.0. The molecular formula is C30H49N9O10. The number of likely N-dealkylation sites (tertiary alicyclic amines) is 1. The van der Waals surface area contributed by atoms with E-state index in [4.69, 9.17) is 5.73 Å². The number of carbonyl (C=O) groups is 7.